The first kappa shape index (κ1) is 21.4. The summed E-state index contributed by atoms with van der Waals surface area (Å²) >= 11 is 0. The summed E-state index contributed by atoms with van der Waals surface area (Å²) in [7, 11) is 0. The van der Waals surface area contributed by atoms with Crippen LogP contribution in [-0.4, -0.2) is 27.8 Å². The number of aromatic nitrogens is 2. The van der Waals surface area contributed by atoms with Crippen LogP contribution in [-0.2, 0) is 13.0 Å². The third-order valence-corrected chi connectivity index (χ3v) is 6.55. The zero-order chi connectivity index (χ0) is 22.6. The molecule has 0 aliphatic carbocycles. The maximum absolute atomic E-state index is 4.58. The van der Waals surface area contributed by atoms with Crippen LogP contribution in [0.2, 0.25) is 0 Å². The molecular formula is C30H31N3. The summed E-state index contributed by atoms with van der Waals surface area (Å²) in [6, 6.07) is 28.8. The topological polar surface area (TPSA) is 21.1 Å². The Morgan fingerprint density at radius 2 is 1.33 bits per heavy atom. The fourth-order valence-electron chi connectivity index (χ4n) is 4.67. The predicted octanol–water partition coefficient (Wildman–Crippen LogP) is 6.68. The van der Waals surface area contributed by atoms with Crippen LogP contribution in [0.5, 0.6) is 0 Å². The minimum absolute atomic E-state index is 0.901. The highest BCUT2D eigenvalue weighted by Gasteiger charge is 2.11. The molecule has 3 heteroatoms. The summed E-state index contributed by atoms with van der Waals surface area (Å²) < 4.78 is 1.96. The summed E-state index contributed by atoms with van der Waals surface area (Å²) in [5.74, 6) is 0. The first-order chi connectivity index (χ1) is 16.2. The average Bonchev–Trinajstić information content (AvgIpc) is 3.50. The lowest BCUT2D eigenvalue weighted by Gasteiger charge is -2.14. The van der Waals surface area contributed by atoms with Crippen LogP contribution in [0, 0.1) is 6.92 Å². The Labute approximate surface area is 197 Å². The van der Waals surface area contributed by atoms with Crippen molar-refractivity contribution in [3.8, 4) is 16.8 Å². The van der Waals surface area contributed by atoms with Crippen molar-refractivity contribution < 1.29 is 0 Å². The Kier molecular flexibility index (Phi) is 6.23. The second-order valence-electron chi connectivity index (χ2n) is 9.05. The van der Waals surface area contributed by atoms with Gasteiger partial charge in [0.05, 0.1) is 11.4 Å². The quantitative estimate of drug-likeness (QED) is 0.324. The summed E-state index contributed by atoms with van der Waals surface area (Å²) in [4.78, 5) is 2.55. The molecule has 0 unspecified atom stereocenters. The molecule has 0 N–H and O–H groups in total. The van der Waals surface area contributed by atoms with E-state index in [-0.39, 0.29) is 0 Å². The van der Waals surface area contributed by atoms with Crippen LogP contribution in [0.1, 0.15) is 40.9 Å². The first-order valence-electron chi connectivity index (χ1n) is 11.9. The van der Waals surface area contributed by atoms with Crippen LogP contribution < -0.4 is 0 Å². The largest absolute Gasteiger partial charge is 0.299 e. The van der Waals surface area contributed by atoms with E-state index in [4.69, 9.17) is 0 Å². The molecule has 4 aromatic rings. The van der Waals surface area contributed by atoms with Gasteiger partial charge in [-0.05, 0) is 91.4 Å². The SMILES string of the molecule is C=Cc1cc(C)n(-c2ccc(Cc3ccc(-c4ccc(CN5CCCC5)cc4)cc3)cc2)n1. The molecule has 33 heavy (non-hydrogen) atoms. The average molecular weight is 434 g/mol. The second-order valence-corrected chi connectivity index (χ2v) is 9.05. The van der Waals surface area contributed by atoms with Gasteiger partial charge in [0.2, 0.25) is 0 Å². The van der Waals surface area contributed by atoms with Gasteiger partial charge in [-0.3, -0.25) is 4.90 Å². The predicted molar refractivity (Wildman–Crippen MR) is 138 cm³/mol. The Morgan fingerprint density at radius 3 is 1.88 bits per heavy atom. The fraction of sp³-hybridized carbons (Fsp3) is 0.233. The van der Waals surface area contributed by atoms with Crippen molar-refractivity contribution in [3.63, 3.8) is 0 Å². The van der Waals surface area contributed by atoms with E-state index in [1.54, 1.807) is 6.08 Å². The maximum atomic E-state index is 4.58. The number of hydrogen-bond acceptors (Lipinski definition) is 2. The number of hydrogen-bond donors (Lipinski definition) is 0. The molecule has 1 fully saturated rings. The molecule has 1 aromatic heterocycles. The van der Waals surface area contributed by atoms with E-state index >= 15 is 0 Å². The molecule has 3 nitrogen and oxygen atoms in total. The summed E-state index contributed by atoms with van der Waals surface area (Å²) in [5.41, 5.74) is 9.67. The number of rotatable bonds is 7. The van der Waals surface area contributed by atoms with Crippen molar-refractivity contribution in [1.29, 1.82) is 0 Å². The molecule has 0 amide bonds. The molecule has 1 saturated heterocycles. The molecule has 5 rings (SSSR count). The Balaban J connectivity index is 1.23. The minimum atomic E-state index is 0.901. The van der Waals surface area contributed by atoms with Gasteiger partial charge in [-0.1, -0.05) is 67.2 Å². The van der Waals surface area contributed by atoms with E-state index < -0.39 is 0 Å². The number of nitrogens with zero attached hydrogens (tertiary/aromatic N) is 3. The Bertz CT molecular complexity index is 1210. The van der Waals surface area contributed by atoms with Crippen LogP contribution in [0.15, 0.2) is 85.4 Å². The summed E-state index contributed by atoms with van der Waals surface area (Å²) in [5, 5.41) is 4.58. The molecule has 1 aliphatic rings. The number of benzene rings is 3. The molecule has 0 radical (unpaired) electrons. The molecular weight excluding hydrogens is 402 g/mol. The van der Waals surface area contributed by atoms with E-state index in [2.05, 4.69) is 96.3 Å². The number of likely N-dealkylation sites (tertiary alicyclic amines) is 1. The molecule has 0 bridgehead atoms. The van der Waals surface area contributed by atoms with Crippen LogP contribution in [0.3, 0.4) is 0 Å². The van der Waals surface area contributed by atoms with Gasteiger partial charge in [0, 0.05) is 12.2 Å². The summed E-state index contributed by atoms with van der Waals surface area (Å²) in [6.45, 7) is 9.44. The van der Waals surface area contributed by atoms with Crippen molar-refractivity contribution in [1.82, 2.24) is 14.7 Å². The lowest BCUT2D eigenvalue weighted by molar-refractivity contribution is 0.331. The highest BCUT2D eigenvalue weighted by molar-refractivity contribution is 5.64. The van der Waals surface area contributed by atoms with Gasteiger partial charge in [0.25, 0.3) is 0 Å². The van der Waals surface area contributed by atoms with Gasteiger partial charge in [0.15, 0.2) is 0 Å². The van der Waals surface area contributed by atoms with Crippen molar-refractivity contribution >= 4 is 6.08 Å². The maximum Gasteiger partial charge on any atom is 0.0852 e. The van der Waals surface area contributed by atoms with Gasteiger partial charge in [0.1, 0.15) is 0 Å². The highest BCUT2D eigenvalue weighted by atomic mass is 15.3. The number of aryl methyl sites for hydroxylation is 1. The van der Waals surface area contributed by atoms with E-state index in [1.165, 1.54) is 53.7 Å². The van der Waals surface area contributed by atoms with Crippen molar-refractivity contribution in [3.05, 3.63) is 114 Å². The second kappa shape index (κ2) is 9.60. The first-order valence-corrected chi connectivity index (χ1v) is 11.9. The van der Waals surface area contributed by atoms with Gasteiger partial charge >= 0.3 is 0 Å². The Hall–Kier alpha value is -3.43. The van der Waals surface area contributed by atoms with Gasteiger partial charge < -0.3 is 0 Å². The molecule has 0 atom stereocenters. The van der Waals surface area contributed by atoms with E-state index in [0.29, 0.717) is 0 Å². The molecule has 0 saturated carbocycles. The Morgan fingerprint density at radius 1 is 0.788 bits per heavy atom. The standard InChI is InChI=1S/C30H31N3/c1-3-29-20-23(2)33(31-29)30-16-10-25(11-17-30)21-24-6-12-27(13-7-24)28-14-8-26(9-15-28)22-32-18-4-5-19-32/h3,6-17,20H,1,4-5,18-19,21-22H2,2H3. The zero-order valence-electron chi connectivity index (χ0n) is 19.4. The molecule has 3 aromatic carbocycles. The van der Waals surface area contributed by atoms with Gasteiger partial charge in [-0.15, -0.1) is 0 Å². The molecule has 2 heterocycles. The van der Waals surface area contributed by atoms with Crippen molar-refractivity contribution in [2.75, 3.05) is 13.1 Å². The highest BCUT2D eigenvalue weighted by Crippen LogP contribution is 2.23. The third-order valence-electron chi connectivity index (χ3n) is 6.55. The third kappa shape index (κ3) is 4.99. The van der Waals surface area contributed by atoms with E-state index in [1.807, 2.05) is 10.7 Å². The van der Waals surface area contributed by atoms with Gasteiger partial charge in [-0.2, -0.15) is 5.10 Å². The van der Waals surface area contributed by atoms with Crippen LogP contribution >= 0.6 is 0 Å². The van der Waals surface area contributed by atoms with Gasteiger partial charge in [-0.25, -0.2) is 4.68 Å². The summed E-state index contributed by atoms with van der Waals surface area (Å²) in [6.07, 6.45) is 5.39. The monoisotopic (exact) mass is 433 g/mol. The van der Waals surface area contributed by atoms with Crippen LogP contribution in [0.25, 0.3) is 22.9 Å². The zero-order valence-corrected chi connectivity index (χ0v) is 19.4. The van der Waals surface area contributed by atoms with Crippen molar-refractivity contribution in [2.24, 2.45) is 0 Å². The molecule has 0 spiro atoms. The van der Waals surface area contributed by atoms with E-state index in [9.17, 15) is 0 Å². The molecule has 166 valence electrons. The minimum Gasteiger partial charge on any atom is -0.299 e. The van der Waals surface area contributed by atoms with Crippen molar-refractivity contribution in [2.45, 2.75) is 32.7 Å². The lowest BCUT2D eigenvalue weighted by Crippen LogP contribution is -2.18. The fourth-order valence-corrected chi connectivity index (χ4v) is 4.67. The lowest BCUT2D eigenvalue weighted by atomic mass is 9.99. The smallest absolute Gasteiger partial charge is 0.0852 e. The normalized spacial score (nSPS) is 14.0. The molecule has 1 aliphatic heterocycles. The van der Waals surface area contributed by atoms with Crippen LogP contribution in [0.4, 0.5) is 0 Å². The van der Waals surface area contributed by atoms with E-state index in [0.717, 1.165) is 30.0 Å².